The van der Waals surface area contributed by atoms with Crippen molar-refractivity contribution in [3.63, 3.8) is 0 Å². The van der Waals surface area contributed by atoms with Gasteiger partial charge in [-0.05, 0) is 19.1 Å². The standard InChI is InChI=1S/C7H10BrN3/c1-5(8)11-4-6(9)2-3-7(11)10/h2-5,10H,9H2,1H3. The summed E-state index contributed by atoms with van der Waals surface area (Å²) in [5.74, 6) is 0. The Balaban J connectivity index is 3.24. The van der Waals surface area contributed by atoms with Crippen LogP contribution in [0.15, 0.2) is 18.3 Å². The number of pyridine rings is 1. The van der Waals surface area contributed by atoms with Crippen LogP contribution in [0.5, 0.6) is 0 Å². The Bertz CT molecular complexity index is 303. The Morgan fingerprint density at radius 3 is 2.73 bits per heavy atom. The Hall–Kier alpha value is -0.770. The maximum absolute atomic E-state index is 7.48. The lowest BCUT2D eigenvalue weighted by Crippen LogP contribution is -2.19. The monoisotopic (exact) mass is 215 g/mol. The fraction of sp³-hybridized carbons (Fsp3) is 0.286. The van der Waals surface area contributed by atoms with Gasteiger partial charge in [0.05, 0.1) is 4.95 Å². The molecule has 3 nitrogen and oxygen atoms in total. The average Bonchev–Trinajstić information content (AvgIpc) is 1.94. The molecular formula is C7H10BrN3. The van der Waals surface area contributed by atoms with Crippen molar-refractivity contribution < 1.29 is 0 Å². The fourth-order valence-corrected chi connectivity index (χ4v) is 1.17. The van der Waals surface area contributed by atoms with Gasteiger partial charge in [0.1, 0.15) is 5.49 Å². The van der Waals surface area contributed by atoms with Crippen molar-refractivity contribution in [2.24, 2.45) is 0 Å². The molecule has 0 saturated carbocycles. The smallest absolute Gasteiger partial charge is 0.125 e. The molecule has 1 heterocycles. The highest BCUT2D eigenvalue weighted by Crippen LogP contribution is 2.11. The summed E-state index contributed by atoms with van der Waals surface area (Å²) in [6.07, 6.45) is 1.74. The number of hydrogen-bond acceptors (Lipinski definition) is 2. The third kappa shape index (κ3) is 1.83. The number of nitrogens with zero attached hydrogens (tertiary/aromatic N) is 1. The van der Waals surface area contributed by atoms with E-state index in [9.17, 15) is 0 Å². The lowest BCUT2D eigenvalue weighted by Gasteiger charge is -2.09. The van der Waals surface area contributed by atoms with Gasteiger partial charge in [0.25, 0.3) is 0 Å². The van der Waals surface area contributed by atoms with E-state index in [1.807, 2.05) is 6.92 Å². The van der Waals surface area contributed by atoms with Crippen LogP contribution in [0.3, 0.4) is 0 Å². The van der Waals surface area contributed by atoms with Crippen molar-refractivity contribution >= 4 is 21.6 Å². The predicted molar refractivity (Wildman–Crippen MR) is 48.3 cm³/mol. The van der Waals surface area contributed by atoms with Crippen LogP contribution in [0.1, 0.15) is 11.9 Å². The first-order chi connectivity index (χ1) is 5.11. The van der Waals surface area contributed by atoms with Crippen LogP contribution in [0.25, 0.3) is 0 Å². The first-order valence-corrected chi connectivity index (χ1v) is 4.19. The van der Waals surface area contributed by atoms with Gasteiger partial charge in [-0.25, -0.2) is 0 Å². The van der Waals surface area contributed by atoms with E-state index in [1.54, 1.807) is 22.9 Å². The third-order valence-electron chi connectivity index (χ3n) is 1.38. The van der Waals surface area contributed by atoms with Crippen LogP contribution in [-0.2, 0) is 0 Å². The number of alkyl halides is 1. The topological polar surface area (TPSA) is 54.8 Å². The van der Waals surface area contributed by atoms with Crippen LogP contribution in [0.4, 0.5) is 5.69 Å². The van der Waals surface area contributed by atoms with E-state index in [0.29, 0.717) is 11.2 Å². The van der Waals surface area contributed by atoms with E-state index in [4.69, 9.17) is 11.1 Å². The molecular weight excluding hydrogens is 206 g/mol. The van der Waals surface area contributed by atoms with Gasteiger partial charge in [-0.1, -0.05) is 15.9 Å². The van der Waals surface area contributed by atoms with Gasteiger partial charge in [0.15, 0.2) is 0 Å². The molecule has 0 amide bonds. The second kappa shape index (κ2) is 3.09. The Morgan fingerprint density at radius 2 is 2.27 bits per heavy atom. The second-order valence-corrected chi connectivity index (χ2v) is 3.65. The lowest BCUT2D eigenvalue weighted by atomic mass is 10.4. The summed E-state index contributed by atoms with van der Waals surface area (Å²) in [7, 11) is 0. The Labute approximate surface area is 73.5 Å². The maximum Gasteiger partial charge on any atom is 0.125 e. The quantitative estimate of drug-likeness (QED) is 0.686. The maximum atomic E-state index is 7.48. The van der Waals surface area contributed by atoms with Crippen molar-refractivity contribution in [1.82, 2.24) is 4.57 Å². The molecule has 4 heteroatoms. The van der Waals surface area contributed by atoms with Gasteiger partial charge in [-0.15, -0.1) is 0 Å². The van der Waals surface area contributed by atoms with Crippen molar-refractivity contribution in [3.05, 3.63) is 23.8 Å². The number of aromatic nitrogens is 1. The number of halogens is 1. The fourth-order valence-electron chi connectivity index (χ4n) is 0.829. The normalized spacial score (nSPS) is 12.9. The summed E-state index contributed by atoms with van der Waals surface area (Å²) in [4.78, 5) is 0.110. The third-order valence-corrected chi connectivity index (χ3v) is 1.82. The van der Waals surface area contributed by atoms with Crippen LogP contribution >= 0.6 is 15.9 Å². The number of hydrogen-bond donors (Lipinski definition) is 2. The van der Waals surface area contributed by atoms with Gasteiger partial charge in [-0.3, -0.25) is 5.41 Å². The van der Waals surface area contributed by atoms with E-state index >= 15 is 0 Å². The molecule has 0 saturated heterocycles. The summed E-state index contributed by atoms with van der Waals surface area (Å²) < 4.78 is 1.75. The van der Waals surface area contributed by atoms with Crippen LogP contribution in [0, 0.1) is 5.41 Å². The summed E-state index contributed by atoms with van der Waals surface area (Å²) >= 11 is 3.35. The number of nitrogen functional groups attached to an aromatic ring is 1. The van der Waals surface area contributed by atoms with Gasteiger partial charge in [0.2, 0.25) is 0 Å². The Morgan fingerprint density at radius 1 is 1.64 bits per heavy atom. The molecule has 0 aromatic carbocycles. The molecule has 1 aromatic heterocycles. The molecule has 0 aliphatic rings. The SMILES string of the molecule is CC(Br)n1cc(N)ccc1=N. The molecule has 1 aromatic rings. The second-order valence-electron chi connectivity index (χ2n) is 2.33. The molecule has 0 aliphatic heterocycles. The summed E-state index contributed by atoms with van der Waals surface area (Å²) in [5, 5.41) is 7.48. The molecule has 1 atom stereocenters. The predicted octanol–water partition coefficient (Wildman–Crippen LogP) is 1.46. The van der Waals surface area contributed by atoms with Gasteiger partial charge >= 0.3 is 0 Å². The average molecular weight is 216 g/mol. The van der Waals surface area contributed by atoms with Gasteiger partial charge in [-0.2, -0.15) is 0 Å². The first-order valence-electron chi connectivity index (χ1n) is 3.27. The zero-order valence-electron chi connectivity index (χ0n) is 6.21. The minimum atomic E-state index is 0.110. The molecule has 60 valence electrons. The minimum Gasteiger partial charge on any atom is -0.398 e. The van der Waals surface area contributed by atoms with E-state index in [1.165, 1.54) is 0 Å². The van der Waals surface area contributed by atoms with Crippen LogP contribution in [-0.4, -0.2) is 4.57 Å². The number of nitrogens with one attached hydrogen (secondary N) is 1. The molecule has 1 unspecified atom stereocenters. The van der Waals surface area contributed by atoms with E-state index in [0.717, 1.165) is 0 Å². The molecule has 0 fully saturated rings. The largest absolute Gasteiger partial charge is 0.398 e. The minimum absolute atomic E-state index is 0.110. The van der Waals surface area contributed by atoms with E-state index in [2.05, 4.69) is 15.9 Å². The first kappa shape index (κ1) is 8.33. The van der Waals surface area contributed by atoms with Crippen molar-refractivity contribution in [3.8, 4) is 0 Å². The molecule has 0 bridgehead atoms. The summed E-state index contributed by atoms with van der Waals surface area (Å²) in [5.41, 5.74) is 6.66. The van der Waals surface area contributed by atoms with Crippen molar-refractivity contribution in [1.29, 1.82) is 5.41 Å². The molecule has 0 aliphatic carbocycles. The summed E-state index contributed by atoms with van der Waals surface area (Å²) in [6, 6.07) is 3.39. The molecule has 0 radical (unpaired) electrons. The van der Waals surface area contributed by atoms with Crippen LogP contribution < -0.4 is 11.2 Å². The van der Waals surface area contributed by atoms with Gasteiger partial charge < -0.3 is 10.3 Å². The lowest BCUT2D eigenvalue weighted by molar-refractivity contribution is 0.696. The zero-order valence-corrected chi connectivity index (χ0v) is 7.80. The highest BCUT2D eigenvalue weighted by Gasteiger charge is 1.98. The number of rotatable bonds is 1. The number of anilines is 1. The van der Waals surface area contributed by atoms with Crippen LogP contribution in [0.2, 0.25) is 0 Å². The molecule has 1 rings (SSSR count). The molecule has 0 spiro atoms. The van der Waals surface area contributed by atoms with Gasteiger partial charge in [0, 0.05) is 11.9 Å². The highest BCUT2D eigenvalue weighted by atomic mass is 79.9. The van der Waals surface area contributed by atoms with E-state index < -0.39 is 0 Å². The molecule has 11 heavy (non-hydrogen) atoms. The van der Waals surface area contributed by atoms with Crippen molar-refractivity contribution in [2.45, 2.75) is 11.9 Å². The number of nitrogens with two attached hydrogens (primary N) is 1. The summed E-state index contributed by atoms with van der Waals surface area (Å²) in [6.45, 7) is 1.94. The zero-order chi connectivity index (χ0) is 8.43. The van der Waals surface area contributed by atoms with E-state index in [-0.39, 0.29) is 4.95 Å². The highest BCUT2D eigenvalue weighted by molar-refractivity contribution is 9.09. The molecule has 3 N–H and O–H groups in total. The van der Waals surface area contributed by atoms with Crippen molar-refractivity contribution in [2.75, 3.05) is 5.73 Å². The Kier molecular flexibility index (Phi) is 2.34.